The number of amides is 5. The SMILES string of the molecule is C=CCNC(=O)C(=O)C(C)NC(=O)[C@@H]1[C@@H]2[C@H](CN1C(=O)[C@@H](NC(=O)N[C@H](CN1CCCN(C)S1(=O)=O)C(C)(C)C)C(C)(C)C)C2(C)C. The summed E-state index contributed by atoms with van der Waals surface area (Å²) in [7, 11) is -2.13. The van der Waals surface area contributed by atoms with Gasteiger partial charge in [0, 0.05) is 45.8 Å². The number of hydrogen-bond donors (Lipinski definition) is 4. The first kappa shape index (κ1) is 38.4. The van der Waals surface area contributed by atoms with Gasteiger partial charge in [-0.2, -0.15) is 17.0 Å². The van der Waals surface area contributed by atoms with Gasteiger partial charge in [0.25, 0.3) is 16.1 Å². The van der Waals surface area contributed by atoms with Crippen LogP contribution >= 0.6 is 0 Å². The van der Waals surface area contributed by atoms with Crippen LogP contribution in [0, 0.1) is 28.1 Å². The number of fused-ring (bicyclic) bond motifs is 1. The standard InChI is InChI=1S/C32H55N7O7S/c1-12-14-33-27(42)24(40)19(2)34-26(41)23-22-20(32(22,9)10)17-39(23)28(43)25(31(6,7)8)36-29(44)35-21(30(3,4)5)18-38-16-13-15-37(11)47(38,45)46/h12,19-23,25H,1,13-18H2,2-11H3,(H,33,42)(H,34,41)(H2,35,36,44)/t19?,20-,21+,22-,23-,25+/m0/s1. The highest BCUT2D eigenvalue weighted by atomic mass is 32.2. The molecular formula is C32H55N7O7S. The van der Waals surface area contributed by atoms with Crippen LogP contribution in [0.3, 0.4) is 0 Å². The van der Waals surface area contributed by atoms with Gasteiger partial charge < -0.3 is 26.2 Å². The molecule has 1 unspecified atom stereocenters. The van der Waals surface area contributed by atoms with Crippen LogP contribution in [0.5, 0.6) is 0 Å². The summed E-state index contributed by atoms with van der Waals surface area (Å²) in [6.45, 7) is 21.4. The molecule has 4 N–H and O–H groups in total. The first-order valence-electron chi connectivity index (χ1n) is 16.3. The van der Waals surface area contributed by atoms with Gasteiger partial charge in [-0.15, -0.1) is 6.58 Å². The van der Waals surface area contributed by atoms with Crippen LogP contribution in [-0.2, 0) is 29.4 Å². The predicted octanol–water partition coefficient (Wildman–Crippen LogP) is 0.856. The van der Waals surface area contributed by atoms with Gasteiger partial charge in [-0.05, 0) is 41.4 Å². The van der Waals surface area contributed by atoms with E-state index in [2.05, 4.69) is 27.8 Å². The van der Waals surface area contributed by atoms with Gasteiger partial charge in [0.1, 0.15) is 12.1 Å². The lowest BCUT2D eigenvalue weighted by Gasteiger charge is -2.40. The average Bonchev–Trinajstić information content (AvgIpc) is 3.26. The lowest BCUT2D eigenvalue weighted by molar-refractivity contribution is -0.145. The number of urea groups is 1. The monoisotopic (exact) mass is 681 g/mol. The molecule has 15 heteroatoms. The van der Waals surface area contributed by atoms with Crippen molar-refractivity contribution < 1.29 is 32.4 Å². The molecule has 0 bridgehead atoms. The van der Waals surface area contributed by atoms with Crippen molar-refractivity contribution in [2.24, 2.45) is 28.1 Å². The second-order valence-electron chi connectivity index (χ2n) is 15.9. The Balaban J connectivity index is 1.79. The third-order valence-electron chi connectivity index (χ3n) is 9.87. The van der Waals surface area contributed by atoms with E-state index in [1.54, 1.807) is 0 Å². The van der Waals surface area contributed by atoms with E-state index in [1.165, 1.54) is 33.6 Å². The molecule has 0 radical (unpaired) electrons. The first-order valence-corrected chi connectivity index (χ1v) is 17.7. The molecule has 47 heavy (non-hydrogen) atoms. The maximum absolute atomic E-state index is 14.3. The Hall–Kier alpha value is -3.04. The van der Waals surface area contributed by atoms with Gasteiger partial charge in [-0.25, -0.2) is 4.79 Å². The maximum atomic E-state index is 14.3. The number of nitrogens with one attached hydrogen (secondary N) is 4. The zero-order valence-corrected chi connectivity index (χ0v) is 30.4. The molecule has 14 nitrogen and oxygen atoms in total. The summed E-state index contributed by atoms with van der Waals surface area (Å²) in [5.74, 6) is -2.74. The predicted molar refractivity (Wildman–Crippen MR) is 178 cm³/mol. The Bertz CT molecular complexity index is 1370. The Kier molecular flexibility index (Phi) is 11.3. The van der Waals surface area contributed by atoms with Crippen LogP contribution in [0.2, 0.25) is 0 Å². The average molecular weight is 682 g/mol. The van der Waals surface area contributed by atoms with Crippen molar-refractivity contribution in [1.29, 1.82) is 0 Å². The van der Waals surface area contributed by atoms with Crippen molar-refractivity contribution >= 4 is 39.7 Å². The number of piperidine rings is 1. The third-order valence-corrected chi connectivity index (χ3v) is 11.8. The lowest BCUT2D eigenvalue weighted by Crippen LogP contribution is -2.63. The Morgan fingerprint density at radius 1 is 0.979 bits per heavy atom. The van der Waals surface area contributed by atoms with Crippen LogP contribution in [0.4, 0.5) is 4.79 Å². The van der Waals surface area contributed by atoms with Gasteiger partial charge >= 0.3 is 6.03 Å². The molecule has 6 atom stereocenters. The summed E-state index contributed by atoms with van der Waals surface area (Å²) in [6.07, 6.45) is 2.10. The highest BCUT2D eigenvalue weighted by molar-refractivity contribution is 7.86. The van der Waals surface area contributed by atoms with Gasteiger partial charge in [0.05, 0.1) is 6.04 Å². The maximum Gasteiger partial charge on any atom is 0.315 e. The fourth-order valence-electron chi connectivity index (χ4n) is 6.59. The summed E-state index contributed by atoms with van der Waals surface area (Å²) in [5, 5.41) is 10.8. The van der Waals surface area contributed by atoms with Gasteiger partial charge in [0.15, 0.2) is 0 Å². The van der Waals surface area contributed by atoms with Crippen molar-refractivity contribution in [3.8, 4) is 0 Å². The highest BCUT2D eigenvalue weighted by Crippen LogP contribution is 2.65. The smallest absolute Gasteiger partial charge is 0.315 e. The normalized spacial score (nSPS) is 25.8. The van der Waals surface area contributed by atoms with E-state index in [0.717, 1.165) is 0 Å². The second kappa shape index (κ2) is 13.8. The van der Waals surface area contributed by atoms with Crippen LogP contribution < -0.4 is 21.3 Å². The lowest BCUT2D eigenvalue weighted by atomic mass is 9.85. The van der Waals surface area contributed by atoms with Crippen LogP contribution in [0.25, 0.3) is 0 Å². The number of nitrogens with zero attached hydrogens (tertiary/aromatic N) is 3. The summed E-state index contributed by atoms with van der Waals surface area (Å²) in [4.78, 5) is 67.8. The van der Waals surface area contributed by atoms with Crippen molar-refractivity contribution in [1.82, 2.24) is 34.8 Å². The Labute approximate surface area is 280 Å². The van der Waals surface area contributed by atoms with E-state index in [9.17, 15) is 32.4 Å². The van der Waals surface area contributed by atoms with Crippen molar-refractivity contribution in [2.45, 2.75) is 92.9 Å². The molecule has 3 aliphatic rings. The van der Waals surface area contributed by atoms with Crippen LogP contribution in [-0.4, -0.2) is 115 Å². The molecule has 3 fully saturated rings. The molecule has 0 aromatic carbocycles. The van der Waals surface area contributed by atoms with Gasteiger partial charge in [0.2, 0.25) is 17.6 Å². The minimum absolute atomic E-state index is 0.0495. The molecule has 0 aromatic rings. The molecule has 5 amide bonds. The Morgan fingerprint density at radius 2 is 1.60 bits per heavy atom. The number of carbonyl (C=O) groups is 5. The van der Waals surface area contributed by atoms with Crippen LogP contribution in [0.1, 0.15) is 68.7 Å². The zero-order chi connectivity index (χ0) is 35.9. The molecule has 3 rings (SSSR count). The molecule has 2 aliphatic heterocycles. The number of hydrogen-bond acceptors (Lipinski definition) is 7. The van der Waals surface area contributed by atoms with E-state index < -0.39 is 74.7 Å². The number of ketones is 1. The number of carbonyl (C=O) groups excluding carboxylic acids is 5. The topological polar surface area (TPSA) is 177 Å². The summed E-state index contributed by atoms with van der Waals surface area (Å²) < 4.78 is 28.6. The summed E-state index contributed by atoms with van der Waals surface area (Å²) in [5.41, 5.74) is -1.50. The van der Waals surface area contributed by atoms with E-state index in [1.807, 2.05) is 55.4 Å². The van der Waals surface area contributed by atoms with Gasteiger partial charge in [-0.3, -0.25) is 19.2 Å². The van der Waals surface area contributed by atoms with E-state index in [4.69, 9.17) is 0 Å². The molecule has 266 valence electrons. The van der Waals surface area contributed by atoms with E-state index >= 15 is 0 Å². The zero-order valence-electron chi connectivity index (χ0n) is 29.6. The number of Topliss-reactive ketones (excluding diaryl/α,β-unsaturated/α-hetero) is 1. The molecular weight excluding hydrogens is 626 g/mol. The van der Waals surface area contributed by atoms with E-state index in [0.29, 0.717) is 26.1 Å². The van der Waals surface area contributed by atoms with Crippen LogP contribution in [0.15, 0.2) is 12.7 Å². The van der Waals surface area contributed by atoms with Crippen molar-refractivity contribution in [3.05, 3.63) is 12.7 Å². The largest absolute Gasteiger partial charge is 0.346 e. The molecule has 1 saturated carbocycles. The molecule has 2 saturated heterocycles. The molecule has 0 spiro atoms. The fraction of sp³-hybridized carbons (Fsp3) is 0.781. The minimum atomic E-state index is -3.66. The Morgan fingerprint density at radius 3 is 2.15 bits per heavy atom. The third kappa shape index (κ3) is 8.34. The molecule has 0 aromatic heterocycles. The second-order valence-corrected chi connectivity index (χ2v) is 17.9. The first-order chi connectivity index (χ1) is 21.5. The molecule has 2 heterocycles. The van der Waals surface area contributed by atoms with Gasteiger partial charge in [-0.1, -0.05) is 61.5 Å². The summed E-state index contributed by atoms with van der Waals surface area (Å²) >= 11 is 0. The molecule has 1 aliphatic carbocycles. The van der Waals surface area contributed by atoms with E-state index in [-0.39, 0.29) is 30.3 Å². The van der Waals surface area contributed by atoms with Crippen molar-refractivity contribution in [2.75, 3.05) is 39.8 Å². The number of rotatable bonds is 11. The number of likely N-dealkylation sites (tertiary alicyclic amines) is 1. The highest BCUT2D eigenvalue weighted by Gasteiger charge is 2.69. The quantitative estimate of drug-likeness (QED) is 0.185. The summed E-state index contributed by atoms with van der Waals surface area (Å²) in [6, 6.07) is -4.26. The minimum Gasteiger partial charge on any atom is -0.346 e. The van der Waals surface area contributed by atoms with Crippen molar-refractivity contribution in [3.63, 3.8) is 0 Å². The fourth-order valence-corrected chi connectivity index (χ4v) is 8.05.